The zero-order chi connectivity index (χ0) is 40.1. The number of fused-ring (bicyclic) bond motifs is 3. The molecule has 0 spiro atoms. The van der Waals surface area contributed by atoms with Crippen molar-refractivity contribution in [3.05, 3.63) is 11.6 Å². The summed E-state index contributed by atoms with van der Waals surface area (Å²) in [4.78, 5) is 39.5. The molecule has 6 aliphatic rings. The van der Waals surface area contributed by atoms with Crippen molar-refractivity contribution in [2.45, 2.75) is 162 Å². The lowest BCUT2D eigenvalue weighted by molar-refractivity contribution is -0.346. The molecular formula is C41H64O13. The molecule has 0 aromatic carbocycles. The SMILES string of the molecule is CC(=O)C1OC(OC2CCC(C)(C3C(=O)C=C4C5CC(C)(C(=O)O)CCC5(C)CCC4(C)C3C)C(C)C2(C)C)C(OC2OCC(O)(CO)C2O)C(O)C1O. The molecule has 2 heterocycles. The number of aliphatic carboxylic acids is 1. The van der Waals surface area contributed by atoms with E-state index in [9.17, 15) is 45.0 Å². The van der Waals surface area contributed by atoms with Crippen LogP contribution < -0.4 is 0 Å². The van der Waals surface area contributed by atoms with Gasteiger partial charge >= 0.3 is 5.97 Å². The Bertz CT molecular complexity index is 1530. The molecule has 17 unspecified atom stereocenters. The van der Waals surface area contributed by atoms with E-state index >= 15 is 0 Å². The minimum Gasteiger partial charge on any atom is -0.481 e. The summed E-state index contributed by atoms with van der Waals surface area (Å²) < 4.78 is 24.0. The Kier molecular flexibility index (Phi) is 10.8. The molecule has 17 atom stereocenters. The maximum atomic E-state index is 14.6. The number of ketones is 2. The Morgan fingerprint density at radius 2 is 1.57 bits per heavy atom. The second kappa shape index (κ2) is 13.9. The fourth-order valence-corrected chi connectivity index (χ4v) is 11.6. The van der Waals surface area contributed by atoms with E-state index in [-0.39, 0.29) is 40.3 Å². The molecule has 306 valence electrons. The van der Waals surface area contributed by atoms with Crippen LogP contribution >= 0.6 is 0 Å². The van der Waals surface area contributed by atoms with E-state index in [0.717, 1.165) is 24.8 Å². The minimum absolute atomic E-state index is 0.00361. The van der Waals surface area contributed by atoms with E-state index in [4.69, 9.17) is 18.9 Å². The summed E-state index contributed by atoms with van der Waals surface area (Å²) >= 11 is 0. The highest BCUT2D eigenvalue weighted by atomic mass is 16.8. The molecule has 4 aliphatic carbocycles. The Morgan fingerprint density at radius 1 is 0.926 bits per heavy atom. The number of hydrogen-bond acceptors (Lipinski definition) is 12. The Labute approximate surface area is 318 Å². The molecule has 0 aromatic heterocycles. The number of carboxylic acids is 1. The van der Waals surface area contributed by atoms with Gasteiger partial charge in [0.25, 0.3) is 0 Å². The van der Waals surface area contributed by atoms with Gasteiger partial charge in [-0.05, 0) is 104 Å². The first-order valence-electron chi connectivity index (χ1n) is 19.9. The number of carbonyl (C=O) groups is 3. The van der Waals surface area contributed by atoms with Crippen molar-refractivity contribution in [1.82, 2.24) is 0 Å². The third kappa shape index (κ3) is 6.36. The largest absolute Gasteiger partial charge is 0.481 e. The van der Waals surface area contributed by atoms with Gasteiger partial charge in [0, 0.05) is 5.92 Å². The van der Waals surface area contributed by atoms with Gasteiger partial charge in [-0.15, -0.1) is 0 Å². The average Bonchev–Trinajstić information content (AvgIpc) is 3.39. The van der Waals surface area contributed by atoms with Crippen LogP contribution in [0, 0.1) is 50.7 Å². The van der Waals surface area contributed by atoms with Crippen molar-refractivity contribution in [2.24, 2.45) is 50.7 Å². The molecule has 2 aliphatic heterocycles. The maximum absolute atomic E-state index is 14.6. The lowest BCUT2D eigenvalue weighted by atomic mass is 9.41. The van der Waals surface area contributed by atoms with Crippen molar-refractivity contribution in [1.29, 1.82) is 0 Å². The third-order valence-corrected chi connectivity index (χ3v) is 16.3. The molecule has 0 radical (unpaired) electrons. The fraction of sp³-hybridized carbons (Fsp3) is 0.878. The van der Waals surface area contributed by atoms with Crippen molar-refractivity contribution in [3.63, 3.8) is 0 Å². The number of rotatable bonds is 8. The van der Waals surface area contributed by atoms with Crippen LogP contribution in [0.3, 0.4) is 0 Å². The predicted octanol–water partition coefficient (Wildman–Crippen LogP) is 3.15. The molecule has 13 nitrogen and oxygen atoms in total. The molecule has 13 heteroatoms. The molecular weight excluding hydrogens is 700 g/mol. The van der Waals surface area contributed by atoms with Gasteiger partial charge in [-0.25, -0.2) is 0 Å². The van der Waals surface area contributed by atoms with Crippen LogP contribution in [0.5, 0.6) is 0 Å². The van der Waals surface area contributed by atoms with Crippen LogP contribution in [0.15, 0.2) is 11.6 Å². The summed E-state index contributed by atoms with van der Waals surface area (Å²) in [6.45, 7) is 17.1. The molecule has 0 bridgehead atoms. The van der Waals surface area contributed by atoms with Gasteiger partial charge in [-0.3, -0.25) is 14.4 Å². The predicted molar refractivity (Wildman–Crippen MR) is 193 cm³/mol. The number of carbonyl (C=O) groups excluding carboxylic acids is 2. The van der Waals surface area contributed by atoms with Crippen LogP contribution in [0.1, 0.15) is 107 Å². The van der Waals surface area contributed by atoms with E-state index in [1.54, 1.807) is 0 Å². The lowest BCUT2D eigenvalue weighted by Gasteiger charge is -2.63. The van der Waals surface area contributed by atoms with Crippen molar-refractivity contribution in [2.75, 3.05) is 13.2 Å². The number of hydrogen-bond donors (Lipinski definition) is 6. The van der Waals surface area contributed by atoms with E-state index in [1.807, 2.05) is 13.0 Å². The second-order valence-electron chi connectivity index (χ2n) is 19.7. The van der Waals surface area contributed by atoms with Crippen molar-refractivity contribution in [3.8, 4) is 0 Å². The number of carboxylic acid groups (broad SMARTS) is 1. The van der Waals surface area contributed by atoms with Crippen LogP contribution in [-0.4, -0.2) is 116 Å². The van der Waals surface area contributed by atoms with Gasteiger partial charge in [0.15, 0.2) is 24.1 Å². The Balaban J connectivity index is 1.26. The summed E-state index contributed by atoms with van der Waals surface area (Å²) in [5.41, 5.74) is -3.05. The summed E-state index contributed by atoms with van der Waals surface area (Å²) in [7, 11) is 0. The van der Waals surface area contributed by atoms with E-state index in [1.165, 1.54) is 6.92 Å². The Hall–Kier alpha value is -1.81. The maximum Gasteiger partial charge on any atom is 0.309 e. The quantitative estimate of drug-likeness (QED) is 0.210. The van der Waals surface area contributed by atoms with E-state index < -0.39 is 96.0 Å². The number of Topliss-reactive ketones (excluding diaryl/α,β-unsaturated/α-hetero) is 1. The van der Waals surface area contributed by atoms with Gasteiger partial charge in [0.05, 0.1) is 24.7 Å². The second-order valence-corrected chi connectivity index (χ2v) is 19.7. The van der Waals surface area contributed by atoms with Crippen molar-refractivity contribution < 1.29 is 64.0 Å². The number of allylic oxidation sites excluding steroid dienone is 2. The Morgan fingerprint density at radius 3 is 2.17 bits per heavy atom. The first-order chi connectivity index (χ1) is 24.9. The summed E-state index contributed by atoms with van der Waals surface area (Å²) in [5.74, 6) is -1.57. The summed E-state index contributed by atoms with van der Waals surface area (Å²) in [6, 6.07) is 0. The molecule has 0 aromatic rings. The fourth-order valence-electron chi connectivity index (χ4n) is 11.6. The van der Waals surface area contributed by atoms with Crippen molar-refractivity contribution >= 4 is 17.5 Å². The smallest absolute Gasteiger partial charge is 0.309 e. The molecule has 6 N–H and O–H groups in total. The van der Waals surface area contributed by atoms with E-state index in [0.29, 0.717) is 25.7 Å². The molecule has 6 rings (SSSR count). The normalized spacial score (nSPS) is 51.9. The monoisotopic (exact) mass is 764 g/mol. The highest BCUT2D eigenvalue weighted by Crippen LogP contribution is 2.68. The molecule has 3 saturated carbocycles. The third-order valence-electron chi connectivity index (χ3n) is 16.3. The average molecular weight is 765 g/mol. The number of aliphatic hydroxyl groups is 5. The van der Waals surface area contributed by atoms with E-state index in [2.05, 4.69) is 48.5 Å². The molecule has 2 saturated heterocycles. The van der Waals surface area contributed by atoms with Crippen LogP contribution in [0.4, 0.5) is 0 Å². The van der Waals surface area contributed by atoms with Gasteiger partial charge in [0.2, 0.25) is 0 Å². The first kappa shape index (κ1) is 41.8. The number of aliphatic hydroxyl groups excluding tert-OH is 4. The van der Waals surface area contributed by atoms with Gasteiger partial charge in [0.1, 0.15) is 36.1 Å². The number of ether oxygens (including phenoxy) is 4. The lowest BCUT2D eigenvalue weighted by Crippen LogP contribution is -2.64. The first-order valence-corrected chi connectivity index (χ1v) is 19.9. The standard InChI is InChI=1S/C41H64O13/c1-20-27(25(44)16-23-24-17-38(7,35(48)49)13-12-37(24,6)14-15-39(20,23)8)40(9)11-10-26(36(4,5)22(40)3)52-33-31(29(46)28(45)30(53-33)21(2)43)54-34-32(47)41(50,18-42)19-51-34/h16,20,22,24,26-34,42,45-47,50H,10-15,17-19H2,1-9H3,(H,48,49). The van der Waals surface area contributed by atoms with Gasteiger partial charge in [-0.1, -0.05) is 54.0 Å². The summed E-state index contributed by atoms with van der Waals surface area (Å²) in [6.07, 6.45) is -4.40. The summed E-state index contributed by atoms with van der Waals surface area (Å²) in [5, 5.41) is 63.1. The highest BCUT2D eigenvalue weighted by Gasteiger charge is 2.64. The van der Waals surface area contributed by atoms with Crippen LogP contribution in [0.2, 0.25) is 0 Å². The zero-order valence-electron chi connectivity index (χ0n) is 33.4. The van der Waals surface area contributed by atoms with Gasteiger partial charge < -0.3 is 49.6 Å². The molecule has 0 amide bonds. The zero-order valence-corrected chi connectivity index (χ0v) is 33.4. The topological polar surface area (TPSA) is 210 Å². The molecule has 5 fully saturated rings. The highest BCUT2D eigenvalue weighted by molar-refractivity contribution is 5.95. The van der Waals surface area contributed by atoms with Gasteiger partial charge in [-0.2, -0.15) is 0 Å². The van der Waals surface area contributed by atoms with Crippen LogP contribution in [0.25, 0.3) is 0 Å². The minimum atomic E-state index is -2.00. The molecule has 54 heavy (non-hydrogen) atoms. The van der Waals surface area contributed by atoms with Crippen LogP contribution in [-0.2, 0) is 33.3 Å².